The van der Waals surface area contributed by atoms with Crippen LogP contribution in [0.2, 0.25) is 0 Å². The van der Waals surface area contributed by atoms with Crippen molar-refractivity contribution in [2.75, 3.05) is 18.2 Å². The number of nitrogens with zero attached hydrogens (tertiary/aromatic N) is 2. The molecule has 6 nitrogen and oxygen atoms in total. The van der Waals surface area contributed by atoms with E-state index in [1.54, 1.807) is 19.2 Å². The number of hydrogen-bond acceptors (Lipinski definition) is 6. The lowest BCUT2D eigenvalue weighted by atomic mass is 9.99. The Labute approximate surface area is 175 Å². The number of nitrogens with one attached hydrogen (secondary N) is 1. The third-order valence-electron chi connectivity index (χ3n) is 4.67. The lowest BCUT2D eigenvalue weighted by molar-refractivity contribution is 0.412. The van der Waals surface area contributed by atoms with Crippen LogP contribution in [0.5, 0.6) is 17.4 Å². The maximum atomic E-state index is 6.35. The summed E-state index contributed by atoms with van der Waals surface area (Å²) < 4.78 is 11.0. The van der Waals surface area contributed by atoms with Gasteiger partial charge in [0.15, 0.2) is 5.82 Å². The van der Waals surface area contributed by atoms with E-state index < -0.39 is 0 Å². The zero-order chi connectivity index (χ0) is 20.8. The van der Waals surface area contributed by atoms with E-state index in [0.717, 1.165) is 16.9 Å². The largest absolute Gasteiger partial charge is 0.497 e. The Bertz CT molecular complexity index is 1050. The smallest absolute Gasteiger partial charge is 0.248 e. The van der Waals surface area contributed by atoms with Gasteiger partial charge in [-0.05, 0) is 35.4 Å². The lowest BCUT2D eigenvalue weighted by Crippen LogP contribution is -2.15. The maximum absolute atomic E-state index is 6.35. The monoisotopic (exact) mass is 398 g/mol. The number of nitrogen functional groups attached to an aromatic ring is 1. The topological polar surface area (TPSA) is 82.3 Å². The van der Waals surface area contributed by atoms with Crippen LogP contribution in [0.4, 0.5) is 11.5 Å². The van der Waals surface area contributed by atoms with E-state index in [1.165, 1.54) is 6.33 Å². The van der Waals surface area contributed by atoms with E-state index in [2.05, 4.69) is 39.6 Å². The highest BCUT2D eigenvalue weighted by Gasteiger charge is 2.18. The van der Waals surface area contributed by atoms with Gasteiger partial charge in [0, 0.05) is 0 Å². The first-order valence-electron chi connectivity index (χ1n) is 9.53. The fraction of sp³-hybridized carbons (Fsp3) is 0.0833. The van der Waals surface area contributed by atoms with Crippen LogP contribution in [-0.2, 0) is 0 Å². The first-order valence-corrected chi connectivity index (χ1v) is 9.53. The van der Waals surface area contributed by atoms with Gasteiger partial charge in [0.05, 0.1) is 13.2 Å². The normalized spacial score (nSPS) is 10.6. The standard InChI is InChI=1S/C24H22N4O2/c1-29-19-12-14-20(15-13-19)30-24-21(25)23(26-16-27-24)28-22(17-8-4-2-5-9-17)18-10-6-3-7-11-18/h2-16,22H,25H2,1H3,(H,26,27,28). The zero-order valence-electron chi connectivity index (χ0n) is 16.5. The molecule has 150 valence electrons. The summed E-state index contributed by atoms with van der Waals surface area (Å²) in [5, 5.41) is 3.45. The predicted octanol–water partition coefficient (Wildman–Crippen LogP) is 5.06. The third-order valence-corrected chi connectivity index (χ3v) is 4.67. The molecule has 3 N–H and O–H groups in total. The molecule has 0 saturated heterocycles. The highest BCUT2D eigenvalue weighted by atomic mass is 16.5. The third kappa shape index (κ3) is 4.33. The minimum absolute atomic E-state index is 0.126. The van der Waals surface area contributed by atoms with Crippen LogP contribution >= 0.6 is 0 Å². The molecule has 0 spiro atoms. The molecular weight excluding hydrogens is 376 g/mol. The van der Waals surface area contributed by atoms with E-state index in [9.17, 15) is 0 Å². The second-order valence-electron chi connectivity index (χ2n) is 6.62. The van der Waals surface area contributed by atoms with Crippen molar-refractivity contribution in [3.05, 3.63) is 102 Å². The highest BCUT2D eigenvalue weighted by Crippen LogP contribution is 2.33. The molecular formula is C24H22N4O2. The number of nitrogens with two attached hydrogens (primary N) is 1. The Morgan fingerprint density at radius 3 is 1.90 bits per heavy atom. The van der Waals surface area contributed by atoms with Crippen LogP contribution in [-0.4, -0.2) is 17.1 Å². The average Bonchev–Trinajstić information content (AvgIpc) is 2.81. The van der Waals surface area contributed by atoms with Gasteiger partial charge >= 0.3 is 0 Å². The Morgan fingerprint density at radius 1 is 0.767 bits per heavy atom. The number of methoxy groups -OCH3 is 1. The summed E-state index contributed by atoms with van der Waals surface area (Å²) in [6.45, 7) is 0. The number of aromatic nitrogens is 2. The molecule has 0 aliphatic heterocycles. The molecule has 3 aromatic carbocycles. The zero-order valence-corrected chi connectivity index (χ0v) is 16.5. The molecule has 4 rings (SSSR count). The number of anilines is 2. The van der Waals surface area contributed by atoms with Crippen LogP contribution in [0.1, 0.15) is 17.2 Å². The Balaban J connectivity index is 1.63. The molecule has 0 atom stereocenters. The molecule has 0 radical (unpaired) electrons. The number of rotatable bonds is 7. The summed E-state index contributed by atoms with van der Waals surface area (Å²) in [5.74, 6) is 2.15. The first kappa shape index (κ1) is 19.3. The quantitative estimate of drug-likeness (QED) is 0.453. The molecule has 0 bridgehead atoms. The van der Waals surface area contributed by atoms with Crippen LogP contribution in [0.15, 0.2) is 91.3 Å². The number of benzene rings is 3. The second kappa shape index (κ2) is 8.96. The lowest BCUT2D eigenvalue weighted by Gasteiger charge is -2.21. The number of hydrogen-bond donors (Lipinski definition) is 2. The predicted molar refractivity (Wildman–Crippen MR) is 118 cm³/mol. The molecule has 0 aliphatic rings. The van der Waals surface area contributed by atoms with Crippen molar-refractivity contribution in [3.8, 4) is 17.4 Å². The molecule has 1 heterocycles. The van der Waals surface area contributed by atoms with Crippen LogP contribution < -0.4 is 20.5 Å². The molecule has 30 heavy (non-hydrogen) atoms. The molecule has 0 fully saturated rings. The minimum atomic E-state index is -0.126. The first-order chi connectivity index (χ1) is 14.7. The highest BCUT2D eigenvalue weighted by molar-refractivity contribution is 5.68. The van der Waals surface area contributed by atoms with Gasteiger partial charge in [-0.3, -0.25) is 0 Å². The fourth-order valence-electron chi connectivity index (χ4n) is 3.12. The Morgan fingerprint density at radius 2 is 1.33 bits per heavy atom. The van der Waals surface area contributed by atoms with E-state index in [0.29, 0.717) is 17.3 Å². The summed E-state index contributed by atoms with van der Waals surface area (Å²) in [5.41, 5.74) is 8.89. The van der Waals surface area contributed by atoms with E-state index in [4.69, 9.17) is 15.2 Å². The van der Waals surface area contributed by atoms with Crippen LogP contribution in [0.3, 0.4) is 0 Å². The summed E-state index contributed by atoms with van der Waals surface area (Å²) >= 11 is 0. The summed E-state index contributed by atoms with van der Waals surface area (Å²) in [7, 11) is 1.62. The molecule has 0 amide bonds. The molecule has 0 saturated carbocycles. The molecule has 0 aliphatic carbocycles. The molecule has 1 aromatic heterocycles. The average molecular weight is 398 g/mol. The van der Waals surface area contributed by atoms with Crippen LogP contribution in [0, 0.1) is 0 Å². The Kier molecular flexibility index (Phi) is 5.75. The van der Waals surface area contributed by atoms with Crippen molar-refractivity contribution < 1.29 is 9.47 Å². The van der Waals surface area contributed by atoms with Crippen molar-refractivity contribution in [2.45, 2.75) is 6.04 Å². The molecule has 6 heteroatoms. The van der Waals surface area contributed by atoms with E-state index >= 15 is 0 Å². The van der Waals surface area contributed by atoms with Gasteiger partial charge in [-0.2, -0.15) is 4.98 Å². The SMILES string of the molecule is COc1ccc(Oc2ncnc(NC(c3ccccc3)c3ccccc3)c2N)cc1. The summed E-state index contributed by atoms with van der Waals surface area (Å²) in [4.78, 5) is 8.55. The minimum Gasteiger partial charge on any atom is -0.497 e. The molecule has 4 aromatic rings. The van der Waals surface area contributed by atoms with E-state index in [-0.39, 0.29) is 11.9 Å². The Hall–Kier alpha value is -4.06. The van der Waals surface area contributed by atoms with Gasteiger partial charge < -0.3 is 20.5 Å². The van der Waals surface area contributed by atoms with Gasteiger partial charge in [-0.15, -0.1) is 0 Å². The second-order valence-corrected chi connectivity index (χ2v) is 6.62. The summed E-state index contributed by atoms with van der Waals surface area (Å²) in [6, 6.07) is 27.4. The van der Waals surface area contributed by atoms with Crippen molar-refractivity contribution in [1.82, 2.24) is 9.97 Å². The van der Waals surface area contributed by atoms with Gasteiger partial charge in [0.1, 0.15) is 23.5 Å². The van der Waals surface area contributed by atoms with Crippen molar-refractivity contribution in [3.63, 3.8) is 0 Å². The van der Waals surface area contributed by atoms with Crippen molar-refractivity contribution >= 4 is 11.5 Å². The van der Waals surface area contributed by atoms with Gasteiger partial charge in [0.25, 0.3) is 0 Å². The van der Waals surface area contributed by atoms with Gasteiger partial charge in [0.2, 0.25) is 5.88 Å². The van der Waals surface area contributed by atoms with Crippen molar-refractivity contribution in [1.29, 1.82) is 0 Å². The fourth-order valence-corrected chi connectivity index (χ4v) is 3.12. The van der Waals surface area contributed by atoms with Gasteiger partial charge in [-0.1, -0.05) is 60.7 Å². The van der Waals surface area contributed by atoms with Crippen molar-refractivity contribution in [2.24, 2.45) is 0 Å². The number of ether oxygens (including phenoxy) is 2. The van der Waals surface area contributed by atoms with Gasteiger partial charge in [-0.25, -0.2) is 4.98 Å². The van der Waals surface area contributed by atoms with Crippen LogP contribution in [0.25, 0.3) is 0 Å². The molecule has 0 unspecified atom stereocenters. The maximum Gasteiger partial charge on any atom is 0.248 e. The summed E-state index contributed by atoms with van der Waals surface area (Å²) in [6.07, 6.45) is 1.44. The van der Waals surface area contributed by atoms with E-state index in [1.807, 2.05) is 48.5 Å².